The normalized spacial score (nSPS) is 15.2. The van der Waals surface area contributed by atoms with Crippen LogP contribution in [0.25, 0.3) is 0 Å². The number of hydrogen-bond acceptors (Lipinski definition) is 6. The Hall–Kier alpha value is -1.76. The summed E-state index contributed by atoms with van der Waals surface area (Å²) in [6.45, 7) is 5.51. The highest BCUT2D eigenvalue weighted by molar-refractivity contribution is 4.96. The number of rotatable bonds is 7. The van der Waals surface area contributed by atoms with Crippen LogP contribution in [0.15, 0.2) is 10.7 Å². The second kappa shape index (κ2) is 5.70. The van der Waals surface area contributed by atoms with Crippen LogP contribution in [0, 0.1) is 5.92 Å². The summed E-state index contributed by atoms with van der Waals surface area (Å²) in [6.07, 6.45) is 5.29. The molecule has 2 aromatic heterocycles. The van der Waals surface area contributed by atoms with Gasteiger partial charge in [0, 0.05) is 19.0 Å². The summed E-state index contributed by atoms with van der Waals surface area (Å²) in [6, 6.07) is 0.676. The number of hydrogen-bond donors (Lipinski definition) is 1. The van der Waals surface area contributed by atoms with Crippen LogP contribution in [0.1, 0.15) is 44.1 Å². The zero-order chi connectivity index (χ0) is 13.9. The fourth-order valence-corrected chi connectivity index (χ4v) is 1.97. The second-order valence-corrected chi connectivity index (χ2v) is 5.76. The Morgan fingerprint density at radius 3 is 3.05 bits per heavy atom. The third-order valence-electron chi connectivity index (χ3n) is 3.13. The third kappa shape index (κ3) is 3.63. The zero-order valence-electron chi connectivity index (χ0n) is 11.9. The summed E-state index contributed by atoms with van der Waals surface area (Å²) in [5.41, 5.74) is 0.943. The van der Waals surface area contributed by atoms with Crippen molar-refractivity contribution in [2.24, 2.45) is 5.92 Å². The van der Waals surface area contributed by atoms with Gasteiger partial charge in [0.15, 0.2) is 5.82 Å². The molecule has 20 heavy (non-hydrogen) atoms. The molecule has 3 rings (SSSR count). The molecular formula is C13H20N6O. The van der Waals surface area contributed by atoms with E-state index in [0.29, 0.717) is 24.4 Å². The van der Waals surface area contributed by atoms with Gasteiger partial charge in [0.25, 0.3) is 0 Å². The lowest BCUT2D eigenvalue weighted by molar-refractivity contribution is 0.358. The molecule has 0 aliphatic heterocycles. The van der Waals surface area contributed by atoms with E-state index in [9.17, 15) is 0 Å². The van der Waals surface area contributed by atoms with E-state index in [4.69, 9.17) is 4.52 Å². The minimum absolute atomic E-state index is 0.474. The maximum Gasteiger partial charge on any atom is 0.248 e. The molecule has 0 amide bonds. The summed E-state index contributed by atoms with van der Waals surface area (Å²) in [4.78, 5) is 4.36. The van der Waals surface area contributed by atoms with Crippen LogP contribution in [0.5, 0.6) is 0 Å². The lowest BCUT2D eigenvalue weighted by atomic mass is 10.1. The van der Waals surface area contributed by atoms with Crippen molar-refractivity contribution in [2.75, 3.05) is 0 Å². The van der Waals surface area contributed by atoms with Crippen molar-refractivity contribution in [3.63, 3.8) is 0 Å². The van der Waals surface area contributed by atoms with Crippen molar-refractivity contribution in [1.29, 1.82) is 0 Å². The van der Waals surface area contributed by atoms with Crippen molar-refractivity contribution < 1.29 is 4.52 Å². The van der Waals surface area contributed by atoms with Crippen LogP contribution in [0.2, 0.25) is 0 Å². The molecule has 0 bridgehead atoms. The molecule has 7 nitrogen and oxygen atoms in total. The highest BCUT2D eigenvalue weighted by atomic mass is 16.5. The van der Waals surface area contributed by atoms with E-state index in [0.717, 1.165) is 24.5 Å². The van der Waals surface area contributed by atoms with Crippen molar-refractivity contribution in [3.05, 3.63) is 23.6 Å². The van der Waals surface area contributed by atoms with Crippen molar-refractivity contribution in [2.45, 2.75) is 52.2 Å². The highest BCUT2D eigenvalue weighted by Crippen LogP contribution is 2.18. The Labute approximate surface area is 117 Å². The van der Waals surface area contributed by atoms with Crippen LogP contribution >= 0.6 is 0 Å². The molecule has 0 spiro atoms. The summed E-state index contributed by atoms with van der Waals surface area (Å²) >= 11 is 0. The first-order chi connectivity index (χ1) is 9.69. The largest absolute Gasteiger partial charge is 0.337 e. The van der Waals surface area contributed by atoms with E-state index in [2.05, 4.69) is 39.6 Å². The van der Waals surface area contributed by atoms with Crippen molar-refractivity contribution >= 4 is 0 Å². The Balaban J connectivity index is 1.55. The molecule has 0 unspecified atom stereocenters. The van der Waals surface area contributed by atoms with E-state index in [1.54, 1.807) is 4.68 Å². The average molecular weight is 276 g/mol. The van der Waals surface area contributed by atoms with Gasteiger partial charge in [0.05, 0.1) is 11.9 Å². The lowest BCUT2D eigenvalue weighted by Crippen LogP contribution is -2.15. The van der Waals surface area contributed by atoms with Gasteiger partial charge in [-0.3, -0.25) is 0 Å². The average Bonchev–Trinajstić information content (AvgIpc) is 2.97. The van der Waals surface area contributed by atoms with Crippen LogP contribution < -0.4 is 5.32 Å². The van der Waals surface area contributed by atoms with Gasteiger partial charge < -0.3 is 9.84 Å². The van der Waals surface area contributed by atoms with Gasteiger partial charge in [0.1, 0.15) is 6.54 Å². The van der Waals surface area contributed by atoms with Crippen LogP contribution in [0.3, 0.4) is 0 Å². The van der Waals surface area contributed by atoms with Crippen molar-refractivity contribution in [3.8, 4) is 0 Å². The van der Waals surface area contributed by atoms with E-state index < -0.39 is 0 Å². The topological polar surface area (TPSA) is 81.7 Å². The second-order valence-electron chi connectivity index (χ2n) is 5.76. The molecule has 1 aliphatic carbocycles. The Bertz CT molecular complexity index is 557. The van der Waals surface area contributed by atoms with Gasteiger partial charge in [-0.05, 0) is 18.8 Å². The molecule has 0 radical (unpaired) electrons. The zero-order valence-corrected chi connectivity index (χ0v) is 11.9. The number of nitrogens with zero attached hydrogens (tertiary/aromatic N) is 5. The molecule has 2 aromatic rings. The predicted octanol–water partition coefficient (Wildman–Crippen LogP) is 1.16. The standard InChI is InChI=1S/C13H20N6O/c1-9(2)5-12-15-13(20-17-12)8-19-7-11(16-18-19)6-14-10-3-4-10/h7,9-10,14H,3-6,8H2,1-2H3. The number of nitrogens with one attached hydrogen (secondary N) is 1. The molecule has 1 saturated carbocycles. The van der Waals surface area contributed by atoms with Crippen LogP contribution in [-0.4, -0.2) is 31.2 Å². The van der Waals surface area contributed by atoms with E-state index in [-0.39, 0.29) is 0 Å². The molecule has 0 saturated heterocycles. The molecular weight excluding hydrogens is 256 g/mol. The number of aromatic nitrogens is 5. The Morgan fingerprint density at radius 2 is 2.30 bits per heavy atom. The molecule has 0 atom stereocenters. The minimum Gasteiger partial charge on any atom is -0.337 e. The quantitative estimate of drug-likeness (QED) is 0.817. The van der Waals surface area contributed by atoms with Gasteiger partial charge in [-0.25, -0.2) is 4.68 Å². The Morgan fingerprint density at radius 1 is 1.45 bits per heavy atom. The SMILES string of the molecule is CC(C)Cc1noc(Cn2cc(CNC3CC3)nn2)n1. The van der Waals surface area contributed by atoms with Gasteiger partial charge in [-0.1, -0.05) is 24.2 Å². The summed E-state index contributed by atoms with van der Waals surface area (Å²) in [7, 11) is 0. The molecule has 108 valence electrons. The van der Waals surface area contributed by atoms with Crippen molar-refractivity contribution in [1.82, 2.24) is 30.5 Å². The lowest BCUT2D eigenvalue weighted by Gasteiger charge is -1.97. The predicted molar refractivity (Wildman–Crippen MR) is 71.8 cm³/mol. The maximum absolute atomic E-state index is 5.22. The maximum atomic E-state index is 5.22. The Kier molecular flexibility index (Phi) is 3.77. The van der Waals surface area contributed by atoms with Crippen LogP contribution in [-0.2, 0) is 19.5 Å². The van der Waals surface area contributed by atoms with Gasteiger partial charge in [0.2, 0.25) is 5.89 Å². The molecule has 1 aliphatic rings. The van der Waals surface area contributed by atoms with E-state index in [1.165, 1.54) is 12.8 Å². The molecule has 7 heteroatoms. The van der Waals surface area contributed by atoms with Gasteiger partial charge >= 0.3 is 0 Å². The first-order valence-electron chi connectivity index (χ1n) is 7.13. The smallest absolute Gasteiger partial charge is 0.248 e. The fraction of sp³-hybridized carbons (Fsp3) is 0.692. The van der Waals surface area contributed by atoms with Crippen LogP contribution in [0.4, 0.5) is 0 Å². The monoisotopic (exact) mass is 276 g/mol. The van der Waals surface area contributed by atoms with Gasteiger partial charge in [-0.15, -0.1) is 5.10 Å². The minimum atomic E-state index is 0.474. The van der Waals surface area contributed by atoms with E-state index in [1.807, 2.05) is 6.20 Å². The summed E-state index contributed by atoms with van der Waals surface area (Å²) < 4.78 is 6.95. The summed E-state index contributed by atoms with van der Waals surface area (Å²) in [5.74, 6) is 1.85. The molecule has 2 heterocycles. The third-order valence-corrected chi connectivity index (χ3v) is 3.13. The summed E-state index contributed by atoms with van der Waals surface area (Å²) in [5, 5.41) is 15.6. The first-order valence-corrected chi connectivity index (χ1v) is 7.13. The fourth-order valence-electron chi connectivity index (χ4n) is 1.97. The molecule has 1 fully saturated rings. The molecule has 1 N–H and O–H groups in total. The highest BCUT2D eigenvalue weighted by Gasteiger charge is 2.20. The van der Waals surface area contributed by atoms with Gasteiger partial charge in [-0.2, -0.15) is 4.98 Å². The molecule has 0 aromatic carbocycles. The van der Waals surface area contributed by atoms with E-state index >= 15 is 0 Å². The first kappa shape index (κ1) is 13.2.